The highest BCUT2D eigenvalue weighted by molar-refractivity contribution is 5.71. The molecule has 0 unspecified atom stereocenters. The topological polar surface area (TPSA) is 66.8 Å². The SMILES string of the molecule is CC(=O)Oc1ccc(O)c(C/C=C(\C)CC/C=C(\C)CC/C=C(\C)CCC=C(C)C)c1O. The predicted octanol–water partition coefficient (Wildman–Crippen LogP) is 7.71. The van der Waals surface area contributed by atoms with Crippen LogP contribution in [-0.2, 0) is 11.2 Å². The minimum absolute atomic E-state index is 0.0117. The summed E-state index contributed by atoms with van der Waals surface area (Å²) in [5.41, 5.74) is 5.78. The second kappa shape index (κ2) is 14.3. The van der Waals surface area contributed by atoms with Gasteiger partial charge in [-0.15, -0.1) is 0 Å². The molecule has 32 heavy (non-hydrogen) atoms. The lowest BCUT2D eigenvalue weighted by Crippen LogP contribution is -2.02. The Bertz CT molecular complexity index is 881. The van der Waals surface area contributed by atoms with Crippen LogP contribution in [0, 0.1) is 0 Å². The third kappa shape index (κ3) is 11.0. The van der Waals surface area contributed by atoms with Crippen LogP contribution in [0.4, 0.5) is 0 Å². The first-order valence-corrected chi connectivity index (χ1v) is 11.4. The van der Waals surface area contributed by atoms with Crippen molar-refractivity contribution in [1.29, 1.82) is 0 Å². The summed E-state index contributed by atoms with van der Waals surface area (Å²) in [4.78, 5) is 11.1. The molecule has 0 atom stereocenters. The van der Waals surface area contributed by atoms with Gasteiger partial charge in [-0.3, -0.25) is 4.79 Å². The lowest BCUT2D eigenvalue weighted by molar-refractivity contribution is -0.132. The highest BCUT2D eigenvalue weighted by Gasteiger charge is 2.13. The van der Waals surface area contributed by atoms with Crippen molar-refractivity contribution in [2.45, 2.75) is 86.5 Å². The molecule has 0 aromatic heterocycles. The standard InChI is InChI=1S/C28H40O4/c1-20(2)10-7-11-21(3)12-8-13-22(4)14-9-15-23(5)16-17-25-26(30)18-19-27(28(25)31)32-24(6)29/h10,12,14,16,18-19,30-31H,7-9,11,13,15,17H2,1-6H3/b21-12+,22-14+,23-16+. The second-order valence-electron chi connectivity index (χ2n) is 8.76. The van der Waals surface area contributed by atoms with Crippen LogP contribution in [-0.4, -0.2) is 16.2 Å². The van der Waals surface area contributed by atoms with Gasteiger partial charge in [0, 0.05) is 12.5 Å². The van der Waals surface area contributed by atoms with E-state index in [-0.39, 0.29) is 17.2 Å². The Balaban J connectivity index is 2.51. The average Bonchev–Trinajstić information content (AvgIpc) is 2.69. The summed E-state index contributed by atoms with van der Waals surface area (Å²) in [5, 5.41) is 20.3. The summed E-state index contributed by atoms with van der Waals surface area (Å²) < 4.78 is 4.98. The van der Waals surface area contributed by atoms with E-state index in [1.54, 1.807) is 0 Å². The number of hydrogen-bond donors (Lipinski definition) is 2. The first kappa shape index (κ1) is 27.3. The highest BCUT2D eigenvalue weighted by atomic mass is 16.5. The zero-order chi connectivity index (χ0) is 24.1. The largest absolute Gasteiger partial charge is 0.508 e. The van der Waals surface area contributed by atoms with Crippen molar-refractivity contribution in [3.8, 4) is 17.2 Å². The van der Waals surface area contributed by atoms with Crippen molar-refractivity contribution in [1.82, 2.24) is 0 Å². The molecule has 4 heteroatoms. The molecule has 0 amide bonds. The van der Waals surface area contributed by atoms with Gasteiger partial charge in [-0.05, 0) is 91.7 Å². The van der Waals surface area contributed by atoms with Crippen LogP contribution in [0.25, 0.3) is 0 Å². The van der Waals surface area contributed by atoms with Crippen LogP contribution < -0.4 is 4.74 Å². The van der Waals surface area contributed by atoms with E-state index in [0.717, 1.165) is 38.5 Å². The normalized spacial score (nSPS) is 12.6. The number of aromatic hydroxyl groups is 2. The third-order valence-electron chi connectivity index (χ3n) is 5.28. The average molecular weight is 441 g/mol. The molecule has 0 aliphatic carbocycles. The van der Waals surface area contributed by atoms with Crippen molar-refractivity contribution >= 4 is 5.97 Å². The fraction of sp³-hybridized carbons (Fsp3) is 0.464. The van der Waals surface area contributed by atoms with E-state index in [1.165, 1.54) is 41.3 Å². The number of hydrogen-bond acceptors (Lipinski definition) is 4. The van der Waals surface area contributed by atoms with Crippen LogP contribution in [0.2, 0.25) is 0 Å². The Hall–Kier alpha value is -2.75. The van der Waals surface area contributed by atoms with Crippen LogP contribution in [0.5, 0.6) is 17.2 Å². The summed E-state index contributed by atoms with van der Waals surface area (Å²) in [7, 11) is 0. The molecule has 0 saturated heterocycles. The van der Waals surface area contributed by atoms with Gasteiger partial charge < -0.3 is 14.9 Å². The van der Waals surface area contributed by atoms with Gasteiger partial charge in [0.2, 0.25) is 0 Å². The first-order valence-electron chi connectivity index (χ1n) is 11.4. The van der Waals surface area contributed by atoms with Gasteiger partial charge in [-0.1, -0.05) is 46.6 Å². The molecule has 1 aromatic rings. The minimum atomic E-state index is -0.514. The van der Waals surface area contributed by atoms with Gasteiger partial charge in [-0.2, -0.15) is 0 Å². The van der Waals surface area contributed by atoms with Crippen molar-refractivity contribution in [2.75, 3.05) is 0 Å². The number of phenols is 2. The number of carbonyl (C=O) groups is 1. The van der Waals surface area contributed by atoms with Crippen molar-refractivity contribution in [3.05, 3.63) is 64.3 Å². The molecule has 2 N–H and O–H groups in total. The Labute approximate surface area is 194 Å². The second-order valence-corrected chi connectivity index (χ2v) is 8.76. The van der Waals surface area contributed by atoms with Crippen LogP contribution in [0.3, 0.4) is 0 Å². The van der Waals surface area contributed by atoms with Gasteiger partial charge in [0.1, 0.15) is 5.75 Å². The monoisotopic (exact) mass is 440 g/mol. The molecule has 0 bridgehead atoms. The maximum atomic E-state index is 11.1. The quantitative estimate of drug-likeness (QED) is 0.198. The molecule has 176 valence electrons. The molecule has 1 aromatic carbocycles. The van der Waals surface area contributed by atoms with E-state index >= 15 is 0 Å². The zero-order valence-electron chi connectivity index (χ0n) is 20.6. The molecule has 0 fully saturated rings. The molecular weight excluding hydrogens is 400 g/mol. The molecule has 1 rings (SSSR count). The zero-order valence-corrected chi connectivity index (χ0v) is 20.6. The maximum Gasteiger partial charge on any atom is 0.308 e. The van der Waals surface area contributed by atoms with E-state index < -0.39 is 5.97 Å². The lowest BCUT2D eigenvalue weighted by atomic mass is 10.0. The maximum absolute atomic E-state index is 11.1. The molecule has 0 radical (unpaired) electrons. The number of phenolic OH excluding ortho intramolecular Hbond substituents is 2. The van der Waals surface area contributed by atoms with E-state index in [9.17, 15) is 15.0 Å². The van der Waals surface area contributed by atoms with Gasteiger partial charge in [0.25, 0.3) is 0 Å². The molecule has 0 saturated carbocycles. The molecular formula is C28H40O4. The molecule has 0 aliphatic heterocycles. The van der Waals surface area contributed by atoms with Gasteiger partial charge in [0.05, 0.1) is 0 Å². The van der Waals surface area contributed by atoms with E-state index in [4.69, 9.17) is 4.74 Å². The fourth-order valence-corrected chi connectivity index (χ4v) is 3.31. The molecule has 0 heterocycles. The van der Waals surface area contributed by atoms with Crippen LogP contribution in [0.15, 0.2) is 58.7 Å². The minimum Gasteiger partial charge on any atom is -0.508 e. The molecule has 0 aliphatic rings. The smallest absolute Gasteiger partial charge is 0.308 e. The Kier molecular flexibility index (Phi) is 12.2. The number of rotatable bonds is 12. The van der Waals surface area contributed by atoms with Gasteiger partial charge in [0.15, 0.2) is 11.5 Å². The number of benzene rings is 1. The first-order chi connectivity index (χ1) is 15.1. The molecule has 4 nitrogen and oxygen atoms in total. The van der Waals surface area contributed by atoms with E-state index in [1.807, 2.05) is 13.0 Å². The van der Waals surface area contributed by atoms with Crippen molar-refractivity contribution < 1.29 is 19.7 Å². The van der Waals surface area contributed by atoms with Gasteiger partial charge >= 0.3 is 5.97 Å². The fourth-order valence-electron chi connectivity index (χ4n) is 3.31. The number of ether oxygens (including phenoxy) is 1. The van der Waals surface area contributed by atoms with Crippen molar-refractivity contribution in [3.63, 3.8) is 0 Å². The Morgan fingerprint density at radius 2 is 1.28 bits per heavy atom. The van der Waals surface area contributed by atoms with E-state index in [2.05, 4.69) is 45.9 Å². The molecule has 0 spiro atoms. The number of esters is 1. The van der Waals surface area contributed by atoms with E-state index in [0.29, 0.717) is 12.0 Å². The van der Waals surface area contributed by atoms with Crippen molar-refractivity contribution in [2.24, 2.45) is 0 Å². The summed E-state index contributed by atoms with van der Waals surface area (Å²) in [6.45, 7) is 12.0. The number of allylic oxidation sites excluding steroid dienone is 8. The van der Waals surface area contributed by atoms with Crippen LogP contribution in [0.1, 0.15) is 85.6 Å². The lowest BCUT2D eigenvalue weighted by Gasteiger charge is -2.10. The third-order valence-corrected chi connectivity index (χ3v) is 5.28. The van der Waals surface area contributed by atoms with Gasteiger partial charge in [-0.25, -0.2) is 0 Å². The van der Waals surface area contributed by atoms with Crippen LogP contribution >= 0.6 is 0 Å². The Morgan fingerprint density at radius 3 is 1.78 bits per heavy atom. The number of carbonyl (C=O) groups excluding carboxylic acids is 1. The summed E-state index contributed by atoms with van der Waals surface area (Å²) in [5.74, 6) is -0.650. The highest BCUT2D eigenvalue weighted by Crippen LogP contribution is 2.36. The Morgan fingerprint density at radius 1 is 0.781 bits per heavy atom. The summed E-state index contributed by atoms with van der Waals surface area (Å²) in [6.07, 6.45) is 15.6. The predicted molar refractivity (Wildman–Crippen MR) is 133 cm³/mol. The summed E-state index contributed by atoms with van der Waals surface area (Å²) >= 11 is 0. The summed E-state index contributed by atoms with van der Waals surface area (Å²) in [6, 6.07) is 2.82.